The molecule has 0 spiro atoms. The third kappa shape index (κ3) is 3.23. The Bertz CT molecular complexity index is 1000. The zero-order valence-electron chi connectivity index (χ0n) is 15.7. The van der Waals surface area contributed by atoms with Crippen molar-refractivity contribution in [3.8, 4) is 17.4 Å². The van der Waals surface area contributed by atoms with Crippen LogP contribution in [0.5, 0.6) is 17.4 Å². The second-order valence-electron chi connectivity index (χ2n) is 6.58. The molecule has 3 aromatic rings. The Hall–Kier alpha value is -3.01. The maximum absolute atomic E-state index is 5.74. The highest BCUT2D eigenvalue weighted by atomic mass is 16.6. The molecule has 0 saturated heterocycles. The number of nitrogens with zero attached hydrogens (tertiary/aromatic N) is 1. The lowest BCUT2D eigenvalue weighted by Crippen LogP contribution is -2.15. The number of fused-ring (bicyclic) bond motifs is 2. The van der Waals surface area contributed by atoms with Crippen molar-refractivity contribution in [1.29, 1.82) is 0 Å². The van der Waals surface area contributed by atoms with Crippen molar-refractivity contribution in [3.63, 3.8) is 0 Å². The lowest BCUT2D eigenvalue weighted by atomic mass is 9.90. The van der Waals surface area contributed by atoms with E-state index in [-0.39, 0.29) is 7.34 Å². The molecule has 0 amide bonds. The average molecular weight is 363 g/mol. The summed E-state index contributed by atoms with van der Waals surface area (Å²) in [5.74, 6) is 2.36. The molecule has 1 unspecified atom stereocenters. The molecule has 0 bridgehead atoms. The summed E-state index contributed by atoms with van der Waals surface area (Å²) in [4.78, 5) is 4.64. The van der Waals surface area contributed by atoms with Crippen LogP contribution in [0.15, 0.2) is 55.1 Å². The molecule has 0 aliphatic carbocycles. The first-order chi connectivity index (χ1) is 13.2. The molecule has 27 heavy (non-hydrogen) atoms. The zero-order valence-corrected chi connectivity index (χ0v) is 15.7. The molecular formula is C23H25NO3. The summed E-state index contributed by atoms with van der Waals surface area (Å²) in [6.45, 7) is 7.34. The molecular weight excluding hydrogens is 338 g/mol. The number of ether oxygens (including phenoxy) is 3. The number of pyridine rings is 1. The molecule has 2 aromatic carbocycles. The molecule has 1 atom stereocenters. The first-order valence-corrected chi connectivity index (χ1v) is 9.23. The summed E-state index contributed by atoms with van der Waals surface area (Å²) in [6, 6.07) is 14.6. The van der Waals surface area contributed by atoms with Gasteiger partial charge in [-0.1, -0.05) is 25.1 Å². The van der Waals surface area contributed by atoms with Gasteiger partial charge in [0, 0.05) is 18.3 Å². The SMILES string of the molecule is C=CC(c1ccc2c(c1)OCCO2)c1ccc2nc(OC)c(CC)cc2c1.[HH]. The van der Waals surface area contributed by atoms with E-state index in [1.165, 1.54) is 5.56 Å². The van der Waals surface area contributed by atoms with E-state index in [1.54, 1.807) is 7.11 Å². The monoisotopic (exact) mass is 363 g/mol. The third-order valence-corrected chi connectivity index (χ3v) is 4.97. The molecule has 0 N–H and O–H groups in total. The Morgan fingerprint density at radius 3 is 2.59 bits per heavy atom. The van der Waals surface area contributed by atoms with Gasteiger partial charge in [0.2, 0.25) is 5.88 Å². The summed E-state index contributed by atoms with van der Waals surface area (Å²) in [5, 5.41) is 1.11. The first-order valence-electron chi connectivity index (χ1n) is 9.23. The number of allylic oxidation sites excluding steroid dienone is 1. The quantitative estimate of drug-likeness (QED) is 0.589. The Kier molecular flexibility index (Phi) is 4.71. The summed E-state index contributed by atoms with van der Waals surface area (Å²) in [6.07, 6.45) is 2.84. The van der Waals surface area contributed by atoms with Crippen LogP contribution in [-0.2, 0) is 6.42 Å². The van der Waals surface area contributed by atoms with Crippen LogP contribution in [0.4, 0.5) is 0 Å². The topological polar surface area (TPSA) is 40.6 Å². The molecule has 0 fully saturated rings. The second-order valence-corrected chi connectivity index (χ2v) is 6.58. The number of methoxy groups -OCH3 is 1. The number of benzene rings is 2. The number of aryl methyl sites for hydroxylation is 1. The van der Waals surface area contributed by atoms with E-state index in [0.717, 1.165) is 39.9 Å². The van der Waals surface area contributed by atoms with Gasteiger partial charge in [-0.2, -0.15) is 0 Å². The minimum atomic E-state index is 0. The van der Waals surface area contributed by atoms with Gasteiger partial charge in [0.1, 0.15) is 13.2 Å². The van der Waals surface area contributed by atoms with Crippen LogP contribution in [0.3, 0.4) is 0 Å². The summed E-state index contributed by atoms with van der Waals surface area (Å²) < 4.78 is 16.8. The van der Waals surface area contributed by atoms with Gasteiger partial charge >= 0.3 is 0 Å². The van der Waals surface area contributed by atoms with Gasteiger partial charge in [-0.3, -0.25) is 0 Å². The standard InChI is InChI=1S/C23H23NO3.H2/c1-4-15-12-18-13-16(6-8-20(18)24-23(15)25-3)19(5-2)17-7-9-21-22(14-17)27-11-10-26-21;/h5-9,12-14,19H,2,4,10-11H2,1,3H3;1H. The molecule has 1 aliphatic heterocycles. The fraction of sp³-hybridized carbons (Fsp3) is 0.261. The van der Waals surface area contributed by atoms with Gasteiger partial charge in [0.15, 0.2) is 11.5 Å². The van der Waals surface area contributed by atoms with Crippen molar-refractivity contribution in [1.82, 2.24) is 4.98 Å². The van der Waals surface area contributed by atoms with Gasteiger partial charge in [-0.25, -0.2) is 4.98 Å². The van der Waals surface area contributed by atoms with Gasteiger partial charge in [0.05, 0.1) is 12.6 Å². The van der Waals surface area contributed by atoms with E-state index in [0.29, 0.717) is 19.1 Å². The van der Waals surface area contributed by atoms with Crippen LogP contribution in [-0.4, -0.2) is 25.3 Å². The predicted octanol–water partition coefficient (Wildman–Crippen LogP) is 5.14. The van der Waals surface area contributed by atoms with E-state index >= 15 is 0 Å². The van der Waals surface area contributed by atoms with E-state index in [4.69, 9.17) is 14.2 Å². The van der Waals surface area contributed by atoms with Gasteiger partial charge in [-0.05, 0) is 47.9 Å². The molecule has 0 radical (unpaired) electrons. The molecule has 2 heterocycles. The van der Waals surface area contributed by atoms with Gasteiger partial charge < -0.3 is 14.2 Å². The maximum atomic E-state index is 5.74. The number of hydrogen-bond donors (Lipinski definition) is 0. The third-order valence-electron chi connectivity index (χ3n) is 4.97. The highest BCUT2D eigenvalue weighted by Gasteiger charge is 2.17. The molecule has 4 heteroatoms. The first kappa shape index (κ1) is 17.4. The highest BCUT2D eigenvalue weighted by Crippen LogP contribution is 2.36. The number of rotatable bonds is 5. The fourth-order valence-corrected chi connectivity index (χ4v) is 3.56. The number of aromatic nitrogens is 1. The highest BCUT2D eigenvalue weighted by molar-refractivity contribution is 5.81. The predicted molar refractivity (Wildman–Crippen MR) is 109 cm³/mol. The summed E-state index contributed by atoms with van der Waals surface area (Å²) in [7, 11) is 1.66. The van der Waals surface area contributed by atoms with Crippen LogP contribution in [0.2, 0.25) is 0 Å². The summed E-state index contributed by atoms with van der Waals surface area (Å²) >= 11 is 0. The van der Waals surface area contributed by atoms with Crippen molar-refractivity contribution >= 4 is 10.9 Å². The van der Waals surface area contributed by atoms with E-state index < -0.39 is 0 Å². The molecule has 1 aliphatic rings. The van der Waals surface area contributed by atoms with Crippen molar-refractivity contribution in [2.45, 2.75) is 19.3 Å². The summed E-state index contributed by atoms with van der Waals surface area (Å²) in [5.41, 5.74) is 4.34. The fourth-order valence-electron chi connectivity index (χ4n) is 3.56. The Morgan fingerprint density at radius 1 is 1.11 bits per heavy atom. The smallest absolute Gasteiger partial charge is 0.216 e. The normalized spacial score (nSPS) is 14.0. The van der Waals surface area contributed by atoms with Gasteiger partial charge in [-0.15, -0.1) is 6.58 Å². The Morgan fingerprint density at radius 2 is 1.85 bits per heavy atom. The van der Waals surface area contributed by atoms with E-state index in [9.17, 15) is 0 Å². The molecule has 0 saturated carbocycles. The minimum absolute atomic E-state index is 0. The van der Waals surface area contributed by atoms with Crippen LogP contribution < -0.4 is 14.2 Å². The lowest BCUT2D eigenvalue weighted by molar-refractivity contribution is 0.171. The Labute approximate surface area is 160 Å². The van der Waals surface area contributed by atoms with Crippen molar-refractivity contribution in [2.75, 3.05) is 20.3 Å². The average Bonchev–Trinajstić information content (AvgIpc) is 2.73. The molecule has 4 nitrogen and oxygen atoms in total. The van der Waals surface area contributed by atoms with Crippen molar-refractivity contribution in [2.24, 2.45) is 0 Å². The molecule has 140 valence electrons. The van der Waals surface area contributed by atoms with Crippen LogP contribution >= 0.6 is 0 Å². The largest absolute Gasteiger partial charge is 0.486 e. The number of hydrogen-bond acceptors (Lipinski definition) is 4. The van der Waals surface area contributed by atoms with E-state index in [2.05, 4.69) is 48.8 Å². The van der Waals surface area contributed by atoms with Crippen molar-refractivity contribution in [3.05, 3.63) is 71.8 Å². The van der Waals surface area contributed by atoms with E-state index in [1.807, 2.05) is 18.2 Å². The minimum Gasteiger partial charge on any atom is -0.486 e. The van der Waals surface area contributed by atoms with Crippen LogP contribution in [0.25, 0.3) is 10.9 Å². The van der Waals surface area contributed by atoms with Crippen LogP contribution in [0.1, 0.15) is 31.0 Å². The van der Waals surface area contributed by atoms with Crippen LogP contribution in [0, 0.1) is 0 Å². The Balaban J connectivity index is 0.00000225. The molecule has 1 aromatic heterocycles. The lowest BCUT2D eigenvalue weighted by Gasteiger charge is -2.21. The molecule has 4 rings (SSSR count). The second kappa shape index (κ2) is 7.31. The van der Waals surface area contributed by atoms with Crippen molar-refractivity contribution < 1.29 is 15.6 Å². The van der Waals surface area contributed by atoms with Gasteiger partial charge in [0.25, 0.3) is 0 Å². The zero-order chi connectivity index (χ0) is 18.8. The maximum Gasteiger partial charge on any atom is 0.216 e.